The lowest BCUT2D eigenvalue weighted by molar-refractivity contribution is -0.147. The fourth-order valence-electron chi connectivity index (χ4n) is 5.03. The molecule has 0 aliphatic carbocycles. The van der Waals surface area contributed by atoms with Gasteiger partial charge in [-0.3, -0.25) is 4.79 Å². The van der Waals surface area contributed by atoms with Crippen molar-refractivity contribution in [1.82, 2.24) is 19.2 Å². The second-order valence-electron chi connectivity index (χ2n) is 11.7. The molecule has 1 saturated heterocycles. The van der Waals surface area contributed by atoms with E-state index in [1.165, 1.54) is 4.57 Å². The van der Waals surface area contributed by atoms with E-state index in [0.29, 0.717) is 24.2 Å². The number of hydrogen-bond donors (Lipinski definition) is 1. The van der Waals surface area contributed by atoms with E-state index in [0.717, 1.165) is 57.3 Å². The van der Waals surface area contributed by atoms with Crippen molar-refractivity contribution in [3.8, 4) is 0 Å². The van der Waals surface area contributed by atoms with Crippen LogP contribution < -0.4 is 9.62 Å². The predicted octanol–water partition coefficient (Wildman–Crippen LogP) is 6.91. The minimum Gasteiger partial charge on any atom is -0.382 e. The van der Waals surface area contributed by atoms with Crippen LogP contribution in [0.2, 0.25) is 0 Å². The molecule has 3 rings (SSSR count). The summed E-state index contributed by atoms with van der Waals surface area (Å²) >= 11 is 1.54. The van der Waals surface area contributed by atoms with E-state index in [1.807, 2.05) is 45.1 Å². The van der Waals surface area contributed by atoms with Gasteiger partial charge in [0.15, 0.2) is 0 Å². The number of rotatable bonds is 13. The Morgan fingerprint density at radius 2 is 1.90 bits per heavy atom. The molecule has 1 aliphatic rings. The average Bonchev–Trinajstić information content (AvgIpc) is 3.25. The van der Waals surface area contributed by atoms with Gasteiger partial charge >= 0.3 is 6.18 Å². The van der Waals surface area contributed by atoms with E-state index in [2.05, 4.69) is 21.5 Å². The third-order valence-corrected chi connectivity index (χ3v) is 8.35. The zero-order valence-corrected chi connectivity index (χ0v) is 25.6. The van der Waals surface area contributed by atoms with Crippen LogP contribution in [-0.4, -0.2) is 59.2 Å². The first-order valence-corrected chi connectivity index (χ1v) is 15.2. The van der Waals surface area contributed by atoms with E-state index in [1.54, 1.807) is 24.3 Å². The highest BCUT2D eigenvalue weighted by molar-refractivity contribution is 7.98. The van der Waals surface area contributed by atoms with Crippen LogP contribution >= 0.6 is 12.1 Å². The van der Waals surface area contributed by atoms with Crippen LogP contribution in [-0.2, 0) is 22.3 Å². The number of carbonyl (C=O) groups is 1. The number of carbonyl (C=O) groups excluding carboxylic acids is 1. The molecule has 1 aromatic heterocycles. The number of imidazole rings is 1. The first-order valence-electron chi connectivity index (χ1n) is 14.5. The Labute approximate surface area is 241 Å². The Balaban J connectivity index is 1.70. The van der Waals surface area contributed by atoms with Gasteiger partial charge in [0, 0.05) is 63.5 Å². The van der Waals surface area contributed by atoms with Crippen molar-refractivity contribution in [2.75, 3.05) is 37.7 Å². The highest BCUT2D eigenvalue weighted by Gasteiger charge is 2.38. The van der Waals surface area contributed by atoms with Crippen molar-refractivity contribution in [2.45, 2.75) is 91.9 Å². The Morgan fingerprint density at radius 1 is 1.20 bits per heavy atom. The fourth-order valence-corrected chi connectivity index (χ4v) is 5.96. The summed E-state index contributed by atoms with van der Waals surface area (Å²) in [5, 5.41) is 3.15. The molecule has 2 heterocycles. The zero-order chi connectivity index (χ0) is 29.5. The summed E-state index contributed by atoms with van der Waals surface area (Å²) < 4.78 is 53.2. The van der Waals surface area contributed by atoms with E-state index < -0.39 is 17.4 Å². The number of aromatic nitrogens is 2. The molecule has 2 aromatic rings. The molecule has 1 N–H and O–H groups in total. The Kier molecular flexibility index (Phi) is 11.6. The van der Waals surface area contributed by atoms with Gasteiger partial charge in [0.2, 0.25) is 11.7 Å². The molecule has 226 valence electrons. The second-order valence-corrected chi connectivity index (χ2v) is 12.9. The van der Waals surface area contributed by atoms with Crippen LogP contribution in [0.4, 0.5) is 18.9 Å². The van der Waals surface area contributed by atoms with Crippen molar-refractivity contribution < 1.29 is 22.7 Å². The summed E-state index contributed by atoms with van der Waals surface area (Å²) in [7, 11) is 1.91. The number of piperidine rings is 1. The molecule has 1 aromatic carbocycles. The maximum Gasteiger partial charge on any atom is 0.449 e. The summed E-state index contributed by atoms with van der Waals surface area (Å²) in [6.45, 7) is 12.9. The van der Waals surface area contributed by atoms with E-state index in [9.17, 15) is 18.0 Å². The van der Waals surface area contributed by atoms with Crippen molar-refractivity contribution in [1.29, 1.82) is 0 Å². The smallest absolute Gasteiger partial charge is 0.382 e. The van der Waals surface area contributed by atoms with Crippen LogP contribution in [0.25, 0.3) is 11.0 Å². The third-order valence-electron chi connectivity index (χ3n) is 7.30. The van der Waals surface area contributed by atoms with Crippen LogP contribution in [0.1, 0.15) is 79.0 Å². The Bertz CT molecular complexity index is 1090. The van der Waals surface area contributed by atoms with Crippen LogP contribution in [0.5, 0.6) is 0 Å². The molecular formula is C29H46F3N5O2S. The fraction of sp³-hybridized carbons (Fsp3) is 0.724. The van der Waals surface area contributed by atoms with Gasteiger partial charge < -0.3 is 18.9 Å². The molecule has 1 aliphatic heterocycles. The number of alkyl halides is 3. The molecule has 0 saturated carbocycles. The van der Waals surface area contributed by atoms with Gasteiger partial charge in [-0.25, -0.2) is 9.29 Å². The standard InChI is InChI=1S/C29H46F3N5O2S/c1-7-10-21(11-9-18-39-8-2)20-37-25-13-12-23(19-24(25)34-26(37)29(30,31)32)35(6)40-36-16-14-22(15-17-36)33-27(38)28(3,4)5/h12-13,19,21-22H,7-11,14-18,20H2,1-6H3,(H,33,38). The lowest BCUT2D eigenvalue weighted by atomic mass is 9.94. The molecular weight excluding hydrogens is 539 g/mol. The van der Waals surface area contributed by atoms with Gasteiger partial charge in [-0.15, -0.1) is 0 Å². The van der Waals surface area contributed by atoms with Gasteiger partial charge in [-0.2, -0.15) is 13.2 Å². The zero-order valence-electron chi connectivity index (χ0n) is 24.8. The van der Waals surface area contributed by atoms with E-state index in [4.69, 9.17) is 4.74 Å². The molecule has 0 spiro atoms. The summed E-state index contributed by atoms with van der Waals surface area (Å²) in [6, 6.07) is 5.54. The van der Waals surface area contributed by atoms with Gasteiger partial charge in [-0.05, 0) is 63.1 Å². The molecule has 11 heteroatoms. The molecule has 1 amide bonds. The number of nitrogens with zero attached hydrogens (tertiary/aromatic N) is 4. The normalized spacial score (nSPS) is 16.4. The lowest BCUT2D eigenvalue weighted by Crippen LogP contribution is -2.46. The minimum absolute atomic E-state index is 0.0632. The van der Waals surface area contributed by atoms with Gasteiger partial charge in [0.05, 0.1) is 16.7 Å². The molecule has 1 atom stereocenters. The number of fused-ring (bicyclic) bond motifs is 1. The molecule has 1 fully saturated rings. The molecule has 1 unspecified atom stereocenters. The maximum absolute atomic E-state index is 14.1. The third kappa shape index (κ3) is 9.01. The van der Waals surface area contributed by atoms with Crippen molar-refractivity contribution in [3.63, 3.8) is 0 Å². The number of halogens is 3. The van der Waals surface area contributed by atoms with E-state index in [-0.39, 0.29) is 24.4 Å². The summed E-state index contributed by atoms with van der Waals surface area (Å²) in [5.74, 6) is -0.647. The maximum atomic E-state index is 14.1. The largest absolute Gasteiger partial charge is 0.449 e. The van der Waals surface area contributed by atoms with Crippen LogP contribution in [0.15, 0.2) is 18.2 Å². The van der Waals surface area contributed by atoms with Crippen LogP contribution in [0, 0.1) is 11.3 Å². The van der Waals surface area contributed by atoms with Crippen molar-refractivity contribution >= 4 is 34.8 Å². The Hall–Kier alpha value is -1.98. The SMILES string of the molecule is CCCC(CCCOCC)Cn1c(C(F)(F)F)nc2cc(N(C)SN3CCC(NC(=O)C(C)(C)C)CC3)ccc21. The van der Waals surface area contributed by atoms with Crippen molar-refractivity contribution in [3.05, 3.63) is 24.0 Å². The molecule has 40 heavy (non-hydrogen) atoms. The molecule has 0 bridgehead atoms. The number of amides is 1. The predicted molar refractivity (Wildman–Crippen MR) is 157 cm³/mol. The first kappa shape index (κ1) is 32.5. The number of benzene rings is 1. The second kappa shape index (κ2) is 14.3. The number of nitrogens with one attached hydrogen (secondary N) is 1. The summed E-state index contributed by atoms with van der Waals surface area (Å²) in [6.07, 6.45) is 0.595. The van der Waals surface area contributed by atoms with E-state index >= 15 is 0 Å². The number of anilines is 1. The van der Waals surface area contributed by atoms with Crippen molar-refractivity contribution in [2.24, 2.45) is 11.3 Å². The monoisotopic (exact) mass is 585 g/mol. The average molecular weight is 586 g/mol. The Morgan fingerprint density at radius 3 is 2.50 bits per heavy atom. The lowest BCUT2D eigenvalue weighted by Gasteiger charge is -2.34. The molecule has 7 nitrogen and oxygen atoms in total. The number of hydrogen-bond acceptors (Lipinski definition) is 6. The highest BCUT2D eigenvalue weighted by atomic mass is 32.2. The topological polar surface area (TPSA) is 62.6 Å². The minimum atomic E-state index is -4.53. The highest BCUT2D eigenvalue weighted by Crippen LogP contribution is 2.35. The van der Waals surface area contributed by atoms with Gasteiger partial charge in [0.1, 0.15) is 0 Å². The van der Waals surface area contributed by atoms with Gasteiger partial charge in [0.25, 0.3) is 0 Å². The summed E-state index contributed by atoms with van der Waals surface area (Å²) in [5.41, 5.74) is 1.24. The first-order chi connectivity index (χ1) is 18.8. The number of ether oxygens (including phenoxy) is 1. The quantitative estimate of drug-likeness (QED) is 0.204. The van der Waals surface area contributed by atoms with Gasteiger partial charge in [-0.1, -0.05) is 34.1 Å². The van der Waals surface area contributed by atoms with Crippen LogP contribution in [0.3, 0.4) is 0 Å². The summed E-state index contributed by atoms with van der Waals surface area (Å²) in [4.78, 5) is 16.4. The molecule has 0 radical (unpaired) electrons.